The normalized spacial score (nSPS) is 13.7. The zero-order valence-electron chi connectivity index (χ0n) is 19.0. The number of nitrogens with one attached hydrogen (secondary N) is 2. The number of anilines is 1. The number of hydrogen-bond donors (Lipinski definition) is 2. The van der Waals surface area contributed by atoms with E-state index in [0.717, 1.165) is 32.6 Å². The fraction of sp³-hybridized carbons (Fsp3) is 0.0714. The highest BCUT2D eigenvalue weighted by atomic mass is 32.1. The Kier molecular flexibility index (Phi) is 5.42. The number of thiazole rings is 1. The molecule has 0 aliphatic carbocycles. The molecule has 0 saturated carbocycles. The second kappa shape index (κ2) is 8.90. The second-order valence-electron chi connectivity index (χ2n) is 8.51. The molecule has 0 saturated heterocycles. The largest absolute Gasteiger partial charge is 0.360 e. The van der Waals surface area contributed by atoms with Gasteiger partial charge in [-0.15, -0.1) is 11.3 Å². The van der Waals surface area contributed by atoms with Crippen molar-refractivity contribution >= 4 is 45.1 Å². The summed E-state index contributed by atoms with van der Waals surface area (Å²) in [5.74, 6) is -1.40. The number of aromatic nitrogens is 2. The molecule has 2 aromatic heterocycles. The number of para-hydroxylation sites is 1. The fourth-order valence-corrected chi connectivity index (χ4v) is 5.27. The molecule has 1 aliphatic heterocycles. The van der Waals surface area contributed by atoms with Gasteiger partial charge in [0.15, 0.2) is 5.13 Å². The average molecular weight is 493 g/mol. The lowest BCUT2D eigenvalue weighted by Crippen LogP contribution is -2.48. The number of aromatic amines is 1. The lowest BCUT2D eigenvalue weighted by Gasteiger charge is -2.25. The van der Waals surface area contributed by atoms with E-state index in [4.69, 9.17) is 0 Å². The maximum Gasteiger partial charge on any atom is 0.262 e. The topological polar surface area (TPSA) is 95.2 Å². The summed E-state index contributed by atoms with van der Waals surface area (Å²) in [6.07, 6.45) is 2.08. The van der Waals surface area contributed by atoms with Crippen molar-refractivity contribution in [1.29, 1.82) is 0 Å². The van der Waals surface area contributed by atoms with Gasteiger partial charge in [0, 0.05) is 34.5 Å². The van der Waals surface area contributed by atoms with Crippen LogP contribution in [-0.4, -0.2) is 38.6 Å². The first-order valence-electron chi connectivity index (χ1n) is 11.4. The van der Waals surface area contributed by atoms with Gasteiger partial charge < -0.3 is 10.3 Å². The molecule has 0 spiro atoms. The first-order valence-corrected chi connectivity index (χ1v) is 12.3. The highest BCUT2D eigenvalue weighted by molar-refractivity contribution is 7.14. The zero-order valence-corrected chi connectivity index (χ0v) is 19.8. The second-order valence-corrected chi connectivity index (χ2v) is 9.36. The Balaban J connectivity index is 1.30. The summed E-state index contributed by atoms with van der Waals surface area (Å²) in [5.41, 5.74) is 4.12. The van der Waals surface area contributed by atoms with E-state index in [2.05, 4.69) is 15.3 Å². The van der Waals surface area contributed by atoms with Crippen LogP contribution in [0.15, 0.2) is 90.4 Å². The molecular formula is C28H20N4O3S. The molecule has 7 nitrogen and oxygen atoms in total. The number of benzene rings is 3. The van der Waals surface area contributed by atoms with Crippen LogP contribution >= 0.6 is 11.3 Å². The standard InChI is InChI=1S/C28H20N4O3S/c33-25(31-28-30-23(16-36-28)21-15-29-22-13-7-6-10-18(21)22)24(14-17-8-2-1-3-9-17)32-26(34)19-11-4-5-12-20(19)27(32)35/h1-13,15-16,24,29H,14H2,(H,30,31,33)/t24-/m0/s1. The van der Waals surface area contributed by atoms with E-state index in [1.54, 1.807) is 24.3 Å². The van der Waals surface area contributed by atoms with Crippen LogP contribution in [0.5, 0.6) is 0 Å². The van der Waals surface area contributed by atoms with Gasteiger partial charge in [-0.1, -0.05) is 60.7 Å². The van der Waals surface area contributed by atoms with Gasteiger partial charge in [-0.2, -0.15) is 0 Å². The minimum Gasteiger partial charge on any atom is -0.360 e. The number of H-pyrrole nitrogens is 1. The Morgan fingerprint density at radius 2 is 1.56 bits per heavy atom. The Morgan fingerprint density at radius 1 is 0.889 bits per heavy atom. The van der Waals surface area contributed by atoms with Crippen molar-refractivity contribution in [2.45, 2.75) is 12.5 Å². The molecule has 3 heterocycles. The monoisotopic (exact) mass is 492 g/mol. The molecule has 3 amide bonds. The predicted octanol–water partition coefficient (Wildman–Crippen LogP) is 5.14. The number of fused-ring (bicyclic) bond motifs is 2. The van der Waals surface area contributed by atoms with Crippen molar-refractivity contribution in [3.63, 3.8) is 0 Å². The number of hydrogen-bond acceptors (Lipinski definition) is 5. The molecule has 176 valence electrons. The first kappa shape index (κ1) is 21.9. The number of rotatable bonds is 6. The Labute approximate surface area is 210 Å². The van der Waals surface area contributed by atoms with Crippen LogP contribution in [0.2, 0.25) is 0 Å². The van der Waals surface area contributed by atoms with Gasteiger partial charge >= 0.3 is 0 Å². The average Bonchev–Trinajstić information content (AvgIpc) is 3.61. The number of imide groups is 1. The lowest BCUT2D eigenvalue weighted by molar-refractivity contribution is -0.119. The van der Waals surface area contributed by atoms with Crippen LogP contribution in [0.25, 0.3) is 22.2 Å². The Bertz CT molecular complexity index is 1590. The zero-order chi connectivity index (χ0) is 24.6. The molecule has 1 aliphatic rings. The number of amides is 3. The van der Waals surface area contributed by atoms with Gasteiger partial charge in [-0.25, -0.2) is 4.98 Å². The molecule has 2 N–H and O–H groups in total. The molecule has 8 heteroatoms. The molecule has 0 fully saturated rings. The van der Waals surface area contributed by atoms with E-state index in [0.29, 0.717) is 16.3 Å². The minimum absolute atomic E-state index is 0.193. The van der Waals surface area contributed by atoms with Crippen LogP contribution in [-0.2, 0) is 11.2 Å². The Hall–Kier alpha value is -4.56. The van der Waals surface area contributed by atoms with Crippen molar-refractivity contribution in [3.8, 4) is 11.3 Å². The van der Waals surface area contributed by atoms with E-state index in [-0.39, 0.29) is 6.42 Å². The summed E-state index contributed by atoms with van der Waals surface area (Å²) in [4.78, 5) is 48.9. The van der Waals surface area contributed by atoms with E-state index < -0.39 is 23.8 Å². The number of carbonyl (C=O) groups is 3. The first-order chi connectivity index (χ1) is 17.6. The van der Waals surface area contributed by atoms with Crippen LogP contribution < -0.4 is 5.32 Å². The van der Waals surface area contributed by atoms with Crippen LogP contribution in [0.1, 0.15) is 26.3 Å². The van der Waals surface area contributed by atoms with Crippen molar-refractivity contribution in [2.24, 2.45) is 0 Å². The third-order valence-electron chi connectivity index (χ3n) is 6.31. The third-order valence-corrected chi connectivity index (χ3v) is 7.07. The van der Waals surface area contributed by atoms with Crippen LogP contribution in [0.3, 0.4) is 0 Å². The fourth-order valence-electron chi connectivity index (χ4n) is 4.56. The SMILES string of the molecule is O=C(Nc1nc(-c2c[nH]c3ccccc23)cs1)[C@H](Cc1ccccc1)N1C(=O)c2ccccc2C1=O. The number of nitrogens with zero attached hydrogens (tertiary/aromatic N) is 2. The minimum atomic E-state index is -1.03. The molecule has 0 radical (unpaired) electrons. The third kappa shape index (κ3) is 3.77. The van der Waals surface area contributed by atoms with Crippen molar-refractivity contribution < 1.29 is 14.4 Å². The van der Waals surface area contributed by atoms with Gasteiger partial charge in [0.05, 0.1) is 16.8 Å². The van der Waals surface area contributed by atoms with Gasteiger partial charge in [-0.3, -0.25) is 19.3 Å². The van der Waals surface area contributed by atoms with Crippen molar-refractivity contribution in [3.05, 3.63) is 107 Å². The summed E-state index contributed by atoms with van der Waals surface area (Å²) in [5, 5.41) is 6.16. The summed E-state index contributed by atoms with van der Waals surface area (Å²) >= 11 is 1.29. The number of carbonyl (C=O) groups excluding carboxylic acids is 3. The van der Waals surface area contributed by atoms with Gasteiger partial charge in [0.1, 0.15) is 6.04 Å². The van der Waals surface area contributed by atoms with Crippen molar-refractivity contribution in [2.75, 3.05) is 5.32 Å². The molecule has 0 bridgehead atoms. The molecule has 6 rings (SSSR count). The van der Waals surface area contributed by atoms with E-state index >= 15 is 0 Å². The predicted molar refractivity (Wildman–Crippen MR) is 139 cm³/mol. The Morgan fingerprint density at radius 3 is 2.31 bits per heavy atom. The summed E-state index contributed by atoms with van der Waals surface area (Å²) < 4.78 is 0. The van der Waals surface area contributed by atoms with E-state index in [1.165, 1.54) is 11.3 Å². The summed E-state index contributed by atoms with van der Waals surface area (Å²) in [6.45, 7) is 0. The highest BCUT2D eigenvalue weighted by Crippen LogP contribution is 2.32. The molecule has 0 unspecified atom stereocenters. The van der Waals surface area contributed by atoms with Gasteiger partial charge in [-0.05, 0) is 23.8 Å². The molecule has 36 heavy (non-hydrogen) atoms. The molecule has 1 atom stereocenters. The summed E-state index contributed by atoms with van der Waals surface area (Å²) in [6, 6.07) is 22.9. The quantitative estimate of drug-likeness (QED) is 0.321. The maximum atomic E-state index is 13.6. The van der Waals surface area contributed by atoms with E-state index in [9.17, 15) is 14.4 Å². The lowest BCUT2D eigenvalue weighted by atomic mass is 10.0. The van der Waals surface area contributed by atoms with Gasteiger partial charge in [0.2, 0.25) is 5.91 Å². The van der Waals surface area contributed by atoms with E-state index in [1.807, 2.05) is 66.2 Å². The molecule has 3 aromatic carbocycles. The van der Waals surface area contributed by atoms with Crippen molar-refractivity contribution in [1.82, 2.24) is 14.9 Å². The summed E-state index contributed by atoms with van der Waals surface area (Å²) in [7, 11) is 0. The van der Waals surface area contributed by atoms with Crippen LogP contribution in [0, 0.1) is 0 Å². The highest BCUT2D eigenvalue weighted by Gasteiger charge is 2.42. The molecule has 5 aromatic rings. The smallest absolute Gasteiger partial charge is 0.262 e. The molecular weight excluding hydrogens is 472 g/mol. The van der Waals surface area contributed by atoms with Crippen LogP contribution in [0.4, 0.5) is 5.13 Å². The maximum absolute atomic E-state index is 13.6. The van der Waals surface area contributed by atoms with Gasteiger partial charge in [0.25, 0.3) is 11.8 Å².